The van der Waals surface area contributed by atoms with Gasteiger partial charge in [-0.25, -0.2) is 9.97 Å². The first-order chi connectivity index (χ1) is 7.74. The summed E-state index contributed by atoms with van der Waals surface area (Å²) in [5.41, 5.74) is 0.935. The predicted molar refractivity (Wildman–Crippen MR) is 68.1 cm³/mol. The third-order valence-electron chi connectivity index (χ3n) is 2.49. The van der Waals surface area contributed by atoms with Crippen LogP contribution in [0.15, 0.2) is 23.6 Å². The topological polar surface area (TPSA) is 42.2 Å². The number of nitrogens with one attached hydrogen (secondary N) is 1. The molecule has 4 nitrogen and oxygen atoms in total. The molecule has 1 unspecified atom stereocenters. The highest BCUT2D eigenvalue weighted by molar-refractivity contribution is 8.00. The number of hydrogen-bond donors (Lipinski definition) is 1. The second-order valence-corrected chi connectivity index (χ2v) is 5.10. The van der Waals surface area contributed by atoms with Crippen LogP contribution in [-0.2, 0) is 0 Å². The van der Waals surface area contributed by atoms with E-state index in [0.29, 0.717) is 5.25 Å². The summed E-state index contributed by atoms with van der Waals surface area (Å²) in [6.45, 7) is 4.39. The molecule has 16 heavy (non-hydrogen) atoms. The van der Waals surface area contributed by atoms with Crippen molar-refractivity contribution in [1.29, 1.82) is 0 Å². The van der Waals surface area contributed by atoms with Gasteiger partial charge in [0.25, 0.3) is 0 Å². The number of aromatic nitrogens is 3. The summed E-state index contributed by atoms with van der Waals surface area (Å²) >= 11 is 1.77. The third kappa shape index (κ3) is 2.14. The van der Waals surface area contributed by atoms with Gasteiger partial charge in [0.1, 0.15) is 10.8 Å². The fourth-order valence-electron chi connectivity index (χ4n) is 1.38. The van der Waals surface area contributed by atoms with E-state index in [1.165, 1.54) is 0 Å². The first kappa shape index (κ1) is 11.3. The van der Waals surface area contributed by atoms with Crippen LogP contribution in [-0.4, -0.2) is 26.7 Å². The largest absolute Gasteiger partial charge is 0.372 e. The number of nitrogens with zero attached hydrogens (tertiary/aromatic N) is 3. The summed E-state index contributed by atoms with van der Waals surface area (Å²) in [5, 5.41) is 4.62. The maximum atomic E-state index is 4.55. The lowest BCUT2D eigenvalue weighted by Crippen LogP contribution is -2.01. The highest BCUT2D eigenvalue weighted by atomic mass is 32.2. The maximum absolute atomic E-state index is 4.55. The van der Waals surface area contributed by atoms with Crippen molar-refractivity contribution < 1.29 is 0 Å². The van der Waals surface area contributed by atoms with Crippen molar-refractivity contribution in [3.05, 3.63) is 18.6 Å². The lowest BCUT2D eigenvalue weighted by Gasteiger charge is -2.10. The minimum atomic E-state index is 0.556. The first-order valence-corrected chi connectivity index (χ1v) is 6.30. The molecule has 0 spiro atoms. The van der Waals surface area contributed by atoms with Gasteiger partial charge in [0.05, 0.1) is 6.20 Å². The van der Waals surface area contributed by atoms with Gasteiger partial charge in [-0.15, -0.1) is 0 Å². The summed E-state index contributed by atoms with van der Waals surface area (Å²) in [4.78, 5) is 8.88. The fourth-order valence-corrected chi connectivity index (χ4v) is 2.34. The van der Waals surface area contributed by atoms with Crippen LogP contribution in [0.4, 0.5) is 5.82 Å². The average molecular weight is 236 g/mol. The molecule has 2 rings (SSSR count). The molecule has 0 radical (unpaired) electrons. The van der Waals surface area contributed by atoms with E-state index in [1.54, 1.807) is 18.0 Å². The fraction of sp³-hybridized carbons (Fsp3) is 0.455. The van der Waals surface area contributed by atoms with Gasteiger partial charge < -0.3 is 9.72 Å². The highest BCUT2D eigenvalue weighted by Crippen LogP contribution is 2.27. The van der Waals surface area contributed by atoms with Gasteiger partial charge >= 0.3 is 0 Å². The van der Waals surface area contributed by atoms with E-state index >= 15 is 0 Å². The lowest BCUT2D eigenvalue weighted by molar-refractivity contribution is 0.899. The molecule has 0 aliphatic rings. The molecule has 2 heterocycles. The van der Waals surface area contributed by atoms with E-state index in [2.05, 4.69) is 29.1 Å². The predicted octanol–water partition coefficient (Wildman–Crippen LogP) is 2.66. The van der Waals surface area contributed by atoms with Gasteiger partial charge in [-0.1, -0.05) is 25.6 Å². The Morgan fingerprint density at radius 3 is 3.06 bits per heavy atom. The van der Waals surface area contributed by atoms with Crippen LogP contribution < -0.4 is 5.32 Å². The standard InChI is InChI=1S/C11H16N4S/c1-4-8(2)16-11-10-13-5-6-15(10)7-9(12-3)14-11/h5-8,12H,4H2,1-3H3. The molecule has 2 aromatic rings. The molecule has 86 valence electrons. The zero-order valence-electron chi connectivity index (χ0n) is 9.77. The maximum Gasteiger partial charge on any atom is 0.169 e. The zero-order chi connectivity index (χ0) is 11.5. The molecular formula is C11H16N4S. The molecule has 5 heteroatoms. The van der Waals surface area contributed by atoms with Gasteiger partial charge in [0.2, 0.25) is 0 Å². The Labute approximate surface area is 99.5 Å². The van der Waals surface area contributed by atoms with Crippen LogP contribution in [0, 0.1) is 0 Å². The van der Waals surface area contributed by atoms with Crippen LogP contribution in [0.25, 0.3) is 5.65 Å². The van der Waals surface area contributed by atoms with E-state index in [-0.39, 0.29) is 0 Å². The summed E-state index contributed by atoms with van der Waals surface area (Å²) < 4.78 is 2.00. The molecular weight excluding hydrogens is 220 g/mol. The Kier molecular flexibility index (Phi) is 3.33. The van der Waals surface area contributed by atoms with E-state index in [4.69, 9.17) is 0 Å². The van der Waals surface area contributed by atoms with Crippen molar-refractivity contribution in [3.63, 3.8) is 0 Å². The highest BCUT2D eigenvalue weighted by Gasteiger charge is 2.10. The van der Waals surface area contributed by atoms with Crippen LogP contribution in [0.3, 0.4) is 0 Å². The molecule has 0 saturated carbocycles. The van der Waals surface area contributed by atoms with Gasteiger partial charge in [-0.3, -0.25) is 0 Å². The Morgan fingerprint density at radius 2 is 2.38 bits per heavy atom. The Morgan fingerprint density at radius 1 is 1.56 bits per heavy atom. The Bertz CT molecular complexity index is 480. The van der Waals surface area contributed by atoms with Crippen molar-refractivity contribution in [2.75, 3.05) is 12.4 Å². The SMILES string of the molecule is CCC(C)Sc1nc(NC)cn2ccnc12. The number of hydrogen-bond acceptors (Lipinski definition) is 4. The van der Waals surface area contributed by atoms with Crippen molar-refractivity contribution in [2.24, 2.45) is 0 Å². The van der Waals surface area contributed by atoms with Gasteiger partial charge in [0.15, 0.2) is 5.65 Å². The molecule has 2 aromatic heterocycles. The van der Waals surface area contributed by atoms with Crippen LogP contribution in [0.5, 0.6) is 0 Å². The summed E-state index contributed by atoms with van der Waals surface area (Å²) in [5.74, 6) is 0.872. The lowest BCUT2D eigenvalue weighted by atomic mass is 10.4. The number of anilines is 1. The quantitative estimate of drug-likeness (QED) is 0.829. The molecule has 0 amide bonds. The molecule has 0 fully saturated rings. The first-order valence-electron chi connectivity index (χ1n) is 5.42. The van der Waals surface area contributed by atoms with Crippen LogP contribution in [0.1, 0.15) is 20.3 Å². The summed E-state index contributed by atoms with van der Waals surface area (Å²) in [6.07, 6.45) is 6.82. The van der Waals surface area contributed by atoms with Crippen LogP contribution in [0.2, 0.25) is 0 Å². The smallest absolute Gasteiger partial charge is 0.169 e. The Hall–Kier alpha value is -1.23. The van der Waals surface area contributed by atoms with E-state index < -0.39 is 0 Å². The minimum absolute atomic E-state index is 0.556. The van der Waals surface area contributed by atoms with Crippen molar-refractivity contribution in [3.8, 4) is 0 Å². The summed E-state index contributed by atoms with van der Waals surface area (Å²) in [7, 11) is 1.88. The second-order valence-electron chi connectivity index (χ2n) is 3.68. The number of thioether (sulfide) groups is 1. The monoisotopic (exact) mass is 236 g/mol. The number of fused-ring (bicyclic) bond motifs is 1. The van der Waals surface area contributed by atoms with E-state index in [0.717, 1.165) is 22.9 Å². The van der Waals surface area contributed by atoms with E-state index in [1.807, 2.05) is 23.8 Å². The van der Waals surface area contributed by atoms with Gasteiger partial charge in [-0.2, -0.15) is 0 Å². The summed E-state index contributed by atoms with van der Waals surface area (Å²) in [6, 6.07) is 0. The molecule has 0 aromatic carbocycles. The van der Waals surface area contributed by atoms with Gasteiger partial charge in [0, 0.05) is 24.7 Å². The average Bonchev–Trinajstić information content (AvgIpc) is 2.76. The zero-order valence-corrected chi connectivity index (χ0v) is 10.6. The molecule has 1 N–H and O–H groups in total. The van der Waals surface area contributed by atoms with Crippen molar-refractivity contribution in [1.82, 2.24) is 14.4 Å². The van der Waals surface area contributed by atoms with Crippen molar-refractivity contribution >= 4 is 23.2 Å². The minimum Gasteiger partial charge on any atom is -0.372 e. The molecule has 0 bridgehead atoms. The molecule has 0 aliphatic heterocycles. The molecule has 0 saturated heterocycles. The number of imidazole rings is 1. The van der Waals surface area contributed by atoms with Crippen LogP contribution >= 0.6 is 11.8 Å². The second kappa shape index (κ2) is 4.74. The molecule has 1 atom stereocenters. The third-order valence-corrected chi connectivity index (χ3v) is 3.72. The number of rotatable bonds is 4. The Balaban J connectivity index is 2.44. The molecule has 0 aliphatic carbocycles. The van der Waals surface area contributed by atoms with Gasteiger partial charge in [-0.05, 0) is 6.42 Å². The van der Waals surface area contributed by atoms with E-state index in [9.17, 15) is 0 Å². The van der Waals surface area contributed by atoms with Crippen molar-refractivity contribution in [2.45, 2.75) is 30.5 Å². The normalized spacial score (nSPS) is 12.9.